The van der Waals surface area contributed by atoms with Gasteiger partial charge in [-0.25, -0.2) is 4.39 Å². The Labute approximate surface area is 141 Å². The minimum Gasteiger partial charge on any atom is -0.298 e. The molecule has 2 aromatic rings. The van der Waals surface area contributed by atoms with E-state index in [1.807, 2.05) is 13.1 Å². The van der Waals surface area contributed by atoms with E-state index in [9.17, 15) is 4.39 Å². The predicted octanol–water partition coefficient (Wildman–Crippen LogP) is 5.52. The average Bonchev–Trinajstić information content (AvgIpc) is 2.42. The largest absolute Gasteiger partial charge is 0.298 e. The van der Waals surface area contributed by atoms with Crippen molar-refractivity contribution in [2.24, 2.45) is 0 Å². The van der Waals surface area contributed by atoms with E-state index in [4.69, 9.17) is 0 Å². The minimum atomic E-state index is -0.155. The standard InChI is InChI=1S/C19H23BrFN/c1-19(2,3)16-7-5-14(6-8-16)12-22(4)13-15-11-17(20)9-10-18(15)21/h5-11H,12-13H2,1-4H3. The molecule has 0 aliphatic rings. The fourth-order valence-corrected chi connectivity index (χ4v) is 2.84. The maximum atomic E-state index is 13.8. The van der Waals surface area contributed by atoms with Gasteiger partial charge in [-0.2, -0.15) is 0 Å². The highest BCUT2D eigenvalue weighted by atomic mass is 79.9. The first-order chi connectivity index (χ1) is 10.3. The molecular weight excluding hydrogens is 341 g/mol. The zero-order valence-electron chi connectivity index (χ0n) is 13.7. The molecular formula is C19H23BrFN. The highest BCUT2D eigenvalue weighted by molar-refractivity contribution is 9.10. The maximum absolute atomic E-state index is 13.8. The zero-order chi connectivity index (χ0) is 16.3. The first-order valence-electron chi connectivity index (χ1n) is 7.47. The lowest BCUT2D eigenvalue weighted by atomic mass is 9.87. The first-order valence-corrected chi connectivity index (χ1v) is 8.27. The van der Waals surface area contributed by atoms with Gasteiger partial charge in [-0.3, -0.25) is 4.90 Å². The maximum Gasteiger partial charge on any atom is 0.127 e. The van der Waals surface area contributed by atoms with E-state index in [0.29, 0.717) is 12.1 Å². The molecule has 0 heterocycles. The van der Waals surface area contributed by atoms with Crippen LogP contribution in [0.1, 0.15) is 37.5 Å². The molecule has 0 saturated carbocycles. The number of nitrogens with zero attached hydrogens (tertiary/aromatic N) is 1. The van der Waals surface area contributed by atoms with Crippen molar-refractivity contribution < 1.29 is 4.39 Å². The molecule has 0 unspecified atom stereocenters. The molecule has 118 valence electrons. The molecule has 0 spiro atoms. The summed E-state index contributed by atoms with van der Waals surface area (Å²) in [5.74, 6) is -0.155. The van der Waals surface area contributed by atoms with Gasteiger partial charge in [0.1, 0.15) is 5.82 Å². The number of hydrogen-bond acceptors (Lipinski definition) is 1. The molecule has 1 nitrogen and oxygen atoms in total. The van der Waals surface area contributed by atoms with E-state index in [0.717, 1.165) is 11.0 Å². The molecule has 2 rings (SSSR count). The van der Waals surface area contributed by atoms with E-state index in [-0.39, 0.29) is 11.2 Å². The Morgan fingerprint density at radius 1 is 1.00 bits per heavy atom. The molecule has 0 saturated heterocycles. The minimum absolute atomic E-state index is 0.155. The normalized spacial score (nSPS) is 12.0. The summed E-state index contributed by atoms with van der Waals surface area (Å²) in [7, 11) is 2.01. The van der Waals surface area contributed by atoms with Gasteiger partial charge in [0, 0.05) is 23.1 Å². The topological polar surface area (TPSA) is 3.24 Å². The van der Waals surface area contributed by atoms with Gasteiger partial charge < -0.3 is 0 Å². The molecule has 0 bridgehead atoms. The molecule has 22 heavy (non-hydrogen) atoms. The van der Waals surface area contributed by atoms with Crippen molar-refractivity contribution in [3.8, 4) is 0 Å². The van der Waals surface area contributed by atoms with Crippen LogP contribution in [0, 0.1) is 5.82 Å². The average molecular weight is 364 g/mol. The Hall–Kier alpha value is -1.19. The van der Waals surface area contributed by atoms with Crippen molar-refractivity contribution in [1.82, 2.24) is 4.90 Å². The van der Waals surface area contributed by atoms with Crippen LogP contribution in [0.25, 0.3) is 0 Å². The fourth-order valence-electron chi connectivity index (χ4n) is 2.43. The van der Waals surface area contributed by atoms with Crippen molar-refractivity contribution in [2.45, 2.75) is 39.3 Å². The van der Waals surface area contributed by atoms with E-state index in [1.165, 1.54) is 17.2 Å². The van der Waals surface area contributed by atoms with Gasteiger partial charge in [0.2, 0.25) is 0 Å². The van der Waals surface area contributed by atoms with Crippen LogP contribution in [-0.4, -0.2) is 11.9 Å². The third-order valence-corrected chi connectivity index (χ3v) is 4.21. The van der Waals surface area contributed by atoms with E-state index in [2.05, 4.69) is 65.9 Å². The molecule has 0 fully saturated rings. The lowest BCUT2D eigenvalue weighted by Gasteiger charge is -2.21. The summed E-state index contributed by atoms with van der Waals surface area (Å²) in [5, 5.41) is 0. The highest BCUT2D eigenvalue weighted by Gasteiger charge is 2.13. The summed E-state index contributed by atoms with van der Waals surface area (Å²) in [5.41, 5.74) is 3.45. The smallest absolute Gasteiger partial charge is 0.127 e. The Morgan fingerprint density at radius 3 is 2.23 bits per heavy atom. The summed E-state index contributed by atoms with van der Waals surface area (Å²) in [4.78, 5) is 2.12. The Morgan fingerprint density at radius 2 is 1.64 bits per heavy atom. The number of benzene rings is 2. The molecule has 0 atom stereocenters. The molecule has 0 aliphatic carbocycles. The van der Waals surface area contributed by atoms with Crippen LogP contribution in [-0.2, 0) is 18.5 Å². The van der Waals surface area contributed by atoms with Crippen LogP contribution in [0.2, 0.25) is 0 Å². The van der Waals surface area contributed by atoms with Crippen molar-refractivity contribution in [1.29, 1.82) is 0 Å². The predicted molar refractivity (Wildman–Crippen MR) is 94.4 cm³/mol. The SMILES string of the molecule is CN(Cc1ccc(C(C)(C)C)cc1)Cc1cc(Br)ccc1F. The van der Waals surface area contributed by atoms with Gasteiger partial charge in [0.25, 0.3) is 0 Å². The van der Waals surface area contributed by atoms with E-state index < -0.39 is 0 Å². The number of rotatable bonds is 4. The van der Waals surface area contributed by atoms with Crippen molar-refractivity contribution in [3.05, 3.63) is 69.4 Å². The lowest BCUT2D eigenvalue weighted by molar-refractivity contribution is 0.313. The molecule has 0 amide bonds. The highest BCUT2D eigenvalue weighted by Crippen LogP contribution is 2.23. The molecule has 0 aromatic heterocycles. The van der Waals surface area contributed by atoms with Crippen molar-refractivity contribution in [2.75, 3.05) is 7.05 Å². The summed E-state index contributed by atoms with van der Waals surface area (Å²) in [6, 6.07) is 13.8. The van der Waals surface area contributed by atoms with E-state index in [1.54, 1.807) is 6.07 Å². The second-order valence-electron chi connectivity index (χ2n) is 6.85. The quantitative estimate of drug-likeness (QED) is 0.691. The Balaban J connectivity index is 2.03. The third kappa shape index (κ3) is 4.65. The van der Waals surface area contributed by atoms with E-state index >= 15 is 0 Å². The van der Waals surface area contributed by atoms with Gasteiger partial charge in [-0.1, -0.05) is 61.0 Å². The lowest BCUT2D eigenvalue weighted by Crippen LogP contribution is -2.18. The molecule has 0 aliphatic heterocycles. The molecule has 2 aromatic carbocycles. The summed E-state index contributed by atoms with van der Waals surface area (Å²) in [6.45, 7) is 8.03. The van der Waals surface area contributed by atoms with Crippen LogP contribution >= 0.6 is 15.9 Å². The van der Waals surface area contributed by atoms with Crippen LogP contribution in [0.4, 0.5) is 4.39 Å². The summed E-state index contributed by atoms with van der Waals surface area (Å²) >= 11 is 3.39. The second-order valence-corrected chi connectivity index (χ2v) is 7.77. The molecule has 0 N–H and O–H groups in total. The third-order valence-electron chi connectivity index (χ3n) is 3.72. The molecule has 0 radical (unpaired) electrons. The van der Waals surface area contributed by atoms with Gasteiger partial charge in [-0.05, 0) is 41.8 Å². The van der Waals surface area contributed by atoms with Crippen molar-refractivity contribution in [3.63, 3.8) is 0 Å². The fraction of sp³-hybridized carbons (Fsp3) is 0.368. The molecule has 3 heteroatoms. The van der Waals surface area contributed by atoms with Crippen LogP contribution in [0.3, 0.4) is 0 Å². The van der Waals surface area contributed by atoms with Gasteiger partial charge >= 0.3 is 0 Å². The number of hydrogen-bond donors (Lipinski definition) is 0. The first kappa shape index (κ1) is 17.2. The van der Waals surface area contributed by atoms with Crippen LogP contribution in [0.15, 0.2) is 46.9 Å². The van der Waals surface area contributed by atoms with Crippen LogP contribution in [0.5, 0.6) is 0 Å². The number of halogens is 2. The van der Waals surface area contributed by atoms with Crippen molar-refractivity contribution >= 4 is 15.9 Å². The second kappa shape index (κ2) is 6.93. The van der Waals surface area contributed by atoms with Gasteiger partial charge in [0.15, 0.2) is 0 Å². The Kier molecular flexibility index (Phi) is 5.41. The zero-order valence-corrected chi connectivity index (χ0v) is 15.2. The summed E-state index contributed by atoms with van der Waals surface area (Å²) < 4.78 is 14.7. The van der Waals surface area contributed by atoms with Gasteiger partial charge in [-0.15, -0.1) is 0 Å². The van der Waals surface area contributed by atoms with Crippen LogP contribution < -0.4 is 0 Å². The Bertz CT molecular complexity index is 629. The van der Waals surface area contributed by atoms with Gasteiger partial charge in [0.05, 0.1) is 0 Å². The monoisotopic (exact) mass is 363 g/mol. The summed E-state index contributed by atoms with van der Waals surface area (Å²) in [6.07, 6.45) is 0.